The van der Waals surface area contributed by atoms with Gasteiger partial charge in [-0.25, -0.2) is 0 Å². The predicted molar refractivity (Wildman–Crippen MR) is 118 cm³/mol. The van der Waals surface area contributed by atoms with E-state index in [9.17, 15) is 4.79 Å². The van der Waals surface area contributed by atoms with Gasteiger partial charge in [0.15, 0.2) is 5.78 Å². The first-order valence-corrected chi connectivity index (χ1v) is 10.00. The van der Waals surface area contributed by atoms with Crippen molar-refractivity contribution in [2.24, 2.45) is 0 Å². The number of fused-ring (bicyclic) bond motifs is 2. The maximum atomic E-state index is 12.6. The standard InChI is InChI=1S/C27H22O2/c1-29-26-17-20(28)16-25(23-14-6-10-18-8-2-4-12-21(18)23)27(26)24-15-7-11-19-9-3-5-13-22(19)24/h2-15,17,25,27H,16H2,1H3. The highest BCUT2D eigenvalue weighted by molar-refractivity contribution is 5.95. The van der Waals surface area contributed by atoms with Crippen molar-refractivity contribution < 1.29 is 9.53 Å². The van der Waals surface area contributed by atoms with E-state index in [0.29, 0.717) is 6.42 Å². The summed E-state index contributed by atoms with van der Waals surface area (Å²) in [5.74, 6) is 0.890. The van der Waals surface area contributed by atoms with Crippen LogP contribution in [-0.2, 0) is 9.53 Å². The molecule has 0 radical (unpaired) electrons. The molecule has 142 valence electrons. The Balaban J connectivity index is 1.77. The van der Waals surface area contributed by atoms with E-state index in [1.807, 2.05) is 0 Å². The zero-order valence-electron chi connectivity index (χ0n) is 16.3. The third-order valence-electron chi connectivity index (χ3n) is 6.05. The Morgan fingerprint density at radius 2 is 1.28 bits per heavy atom. The SMILES string of the molecule is COC1=CC(=O)CC(c2cccc3ccccc23)C1c1cccc2ccccc12. The second kappa shape index (κ2) is 7.21. The molecule has 29 heavy (non-hydrogen) atoms. The Morgan fingerprint density at radius 3 is 1.93 bits per heavy atom. The highest BCUT2D eigenvalue weighted by atomic mass is 16.5. The van der Waals surface area contributed by atoms with Crippen LogP contribution in [0, 0.1) is 0 Å². The molecule has 0 amide bonds. The summed E-state index contributed by atoms with van der Waals surface area (Å²) >= 11 is 0. The number of methoxy groups -OCH3 is 1. The molecular weight excluding hydrogens is 356 g/mol. The summed E-state index contributed by atoms with van der Waals surface area (Å²) in [6.45, 7) is 0. The van der Waals surface area contributed by atoms with Crippen molar-refractivity contribution in [2.45, 2.75) is 18.3 Å². The lowest BCUT2D eigenvalue weighted by Gasteiger charge is -2.33. The minimum absolute atomic E-state index is 0.00499. The van der Waals surface area contributed by atoms with E-state index in [-0.39, 0.29) is 17.6 Å². The van der Waals surface area contributed by atoms with Crippen LogP contribution in [0.5, 0.6) is 0 Å². The van der Waals surface area contributed by atoms with Crippen molar-refractivity contribution in [2.75, 3.05) is 7.11 Å². The average molecular weight is 378 g/mol. The van der Waals surface area contributed by atoms with Crippen LogP contribution < -0.4 is 0 Å². The van der Waals surface area contributed by atoms with Gasteiger partial charge in [-0.05, 0) is 32.7 Å². The van der Waals surface area contributed by atoms with Gasteiger partial charge in [-0.15, -0.1) is 0 Å². The lowest BCUT2D eigenvalue weighted by molar-refractivity contribution is -0.115. The van der Waals surface area contributed by atoms with Crippen LogP contribution in [0.25, 0.3) is 21.5 Å². The van der Waals surface area contributed by atoms with Gasteiger partial charge < -0.3 is 4.74 Å². The molecule has 0 N–H and O–H groups in total. The van der Waals surface area contributed by atoms with Gasteiger partial charge in [-0.3, -0.25) is 4.79 Å². The van der Waals surface area contributed by atoms with Gasteiger partial charge in [-0.2, -0.15) is 0 Å². The number of carbonyl (C=O) groups is 1. The van der Waals surface area contributed by atoms with E-state index in [0.717, 1.165) is 5.76 Å². The van der Waals surface area contributed by atoms with Crippen molar-refractivity contribution in [3.05, 3.63) is 108 Å². The van der Waals surface area contributed by atoms with Crippen molar-refractivity contribution in [3.8, 4) is 0 Å². The predicted octanol–water partition coefficient (Wildman–Crippen LogP) is 6.36. The molecule has 0 aromatic heterocycles. The van der Waals surface area contributed by atoms with Gasteiger partial charge in [0.1, 0.15) is 5.76 Å². The van der Waals surface area contributed by atoms with E-state index in [2.05, 4.69) is 84.9 Å². The number of benzene rings is 4. The molecule has 4 aromatic carbocycles. The van der Waals surface area contributed by atoms with Gasteiger partial charge in [0.05, 0.1) is 7.11 Å². The Morgan fingerprint density at radius 1 is 0.724 bits per heavy atom. The zero-order valence-corrected chi connectivity index (χ0v) is 16.3. The third-order valence-corrected chi connectivity index (χ3v) is 6.05. The third kappa shape index (κ3) is 3.01. The van der Waals surface area contributed by atoms with Crippen molar-refractivity contribution in [1.82, 2.24) is 0 Å². The van der Waals surface area contributed by atoms with Gasteiger partial charge >= 0.3 is 0 Å². The molecule has 0 heterocycles. The first-order valence-electron chi connectivity index (χ1n) is 10.00. The second-order valence-corrected chi connectivity index (χ2v) is 7.64. The maximum Gasteiger partial charge on any atom is 0.159 e. The molecule has 0 saturated carbocycles. The fraction of sp³-hybridized carbons (Fsp3) is 0.148. The molecule has 0 fully saturated rings. The van der Waals surface area contributed by atoms with Gasteiger partial charge in [0.25, 0.3) is 0 Å². The number of carbonyl (C=O) groups excluding carboxylic acids is 1. The molecule has 0 saturated heterocycles. The fourth-order valence-electron chi connectivity index (χ4n) is 4.78. The van der Waals surface area contributed by atoms with Gasteiger partial charge in [0.2, 0.25) is 0 Å². The van der Waals surface area contributed by atoms with Gasteiger partial charge in [0, 0.05) is 24.3 Å². The molecule has 0 bridgehead atoms. The second-order valence-electron chi connectivity index (χ2n) is 7.64. The highest BCUT2D eigenvalue weighted by Crippen LogP contribution is 2.47. The summed E-state index contributed by atoms with van der Waals surface area (Å²) in [7, 11) is 1.67. The Kier molecular flexibility index (Phi) is 4.40. The van der Waals surface area contributed by atoms with E-state index >= 15 is 0 Å². The van der Waals surface area contributed by atoms with Crippen molar-refractivity contribution >= 4 is 27.3 Å². The molecule has 1 aliphatic rings. The number of ketones is 1. The average Bonchev–Trinajstić information content (AvgIpc) is 2.78. The van der Waals surface area contributed by atoms with E-state index in [1.54, 1.807) is 13.2 Å². The van der Waals surface area contributed by atoms with Crippen LogP contribution in [0.15, 0.2) is 96.8 Å². The number of rotatable bonds is 3. The number of hydrogen-bond acceptors (Lipinski definition) is 2. The Labute approximate surface area is 170 Å². The number of ether oxygens (including phenoxy) is 1. The number of allylic oxidation sites excluding steroid dienone is 2. The largest absolute Gasteiger partial charge is 0.500 e. The van der Waals surface area contributed by atoms with Crippen LogP contribution in [0.1, 0.15) is 29.4 Å². The smallest absolute Gasteiger partial charge is 0.159 e. The fourth-order valence-corrected chi connectivity index (χ4v) is 4.78. The molecule has 0 aliphatic heterocycles. The first kappa shape index (κ1) is 17.7. The van der Waals surface area contributed by atoms with Crippen LogP contribution in [0.3, 0.4) is 0 Å². The monoisotopic (exact) mass is 378 g/mol. The van der Waals surface area contributed by atoms with E-state index in [4.69, 9.17) is 4.74 Å². The number of hydrogen-bond donors (Lipinski definition) is 0. The molecule has 2 atom stereocenters. The zero-order chi connectivity index (χ0) is 19.8. The summed E-state index contributed by atoms with van der Waals surface area (Å²) in [6, 6.07) is 29.6. The lowest BCUT2D eigenvalue weighted by atomic mass is 9.72. The van der Waals surface area contributed by atoms with E-state index in [1.165, 1.54) is 32.7 Å². The summed E-state index contributed by atoms with van der Waals surface area (Å²) in [5, 5.41) is 4.81. The lowest BCUT2D eigenvalue weighted by Crippen LogP contribution is -2.23. The van der Waals surface area contributed by atoms with Gasteiger partial charge in [-0.1, -0.05) is 84.9 Å². The molecule has 2 unspecified atom stereocenters. The van der Waals surface area contributed by atoms with Crippen LogP contribution in [-0.4, -0.2) is 12.9 Å². The minimum Gasteiger partial charge on any atom is -0.500 e. The molecule has 5 rings (SSSR count). The van der Waals surface area contributed by atoms with E-state index < -0.39 is 0 Å². The highest BCUT2D eigenvalue weighted by Gasteiger charge is 2.36. The molecule has 0 spiro atoms. The van der Waals surface area contributed by atoms with Crippen LogP contribution in [0.2, 0.25) is 0 Å². The summed E-state index contributed by atoms with van der Waals surface area (Å²) in [4.78, 5) is 12.6. The molecular formula is C27H22O2. The summed E-state index contributed by atoms with van der Waals surface area (Å²) in [5.41, 5.74) is 2.42. The Hall–Kier alpha value is -3.39. The summed E-state index contributed by atoms with van der Waals surface area (Å²) < 4.78 is 5.78. The van der Waals surface area contributed by atoms with Crippen LogP contribution >= 0.6 is 0 Å². The molecule has 2 heteroatoms. The first-order chi connectivity index (χ1) is 14.3. The summed E-state index contributed by atoms with van der Waals surface area (Å²) in [6.07, 6.45) is 2.17. The quantitative estimate of drug-likeness (QED) is 0.414. The normalized spacial score (nSPS) is 19.3. The van der Waals surface area contributed by atoms with Crippen LogP contribution in [0.4, 0.5) is 0 Å². The van der Waals surface area contributed by atoms with Crippen molar-refractivity contribution in [1.29, 1.82) is 0 Å². The van der Waals surface area contributed by atoms with Crippen molar-refractivity contribution in [3.63, 3.8) is 0 Å². The molecule has 1 aliphatic carbocycles. The molecule has 2 nitrogen and oxygen atoms in total. The molecule has 4 aromatic rings. The Bertz CT molecular complexity index is 1240. The topological polar surface area (TPSA) is 26.3 Å². The minimum atomic E-state index is -0.00499. The maximum absolute atomic E-state index is 12.6.